The lowest BCUT2D eigenvalue weighted by atomic mass is 10.2. The third kappa shape index (κ3) is 4.19. The number of aromatic nitrogens is 1. The maximum absolute atomic E-state index is 12.2. The number of hydrogen-bond acceptors (Lipinski definition) is 6. The molecule has 1 aromatic heterocycles. The summed E-state index contributed by atoms with van der Waals surface area (Å²) < 4.78 is 5.38. The van der Waals surface area contributed by atoms with E-state index in [-0.39, 0.29) is 5.75 Å². The Labute approximate surface area is 139 Å². The molecule has 0 radical (unpaired) electrons. The molecule has 24 heavy (non-hydrogen) atoms. The zero-order valence-electron chi connectivity index (χ0n) is 13.6. The number of nitrogens with zero attached hydrogens (tertiary/aromatic N) is 3. The lowest BCUT2D eigenvalue weighted by Crippen LogP contribution is -2.30. The van der Waals surface area contributed by atoms with Gasteiger partial charge in [0.25, 0.3) is 5.91 Å². The van der Waals surface area contributed by atoms with Gasteiger partial charge in [0, 0.05) is 25.5 Å². The maximum atomic E-state index is 12.2. The first-order chi connectivity index (χ1) is 11.4. The van der Waals surface area contributed by atoms with Gasteiger partial charge < -0.3 is 25.1 Å². The van der Waals surface area contributed by atoms with Crippen LogP contribution in [0.2, 0.25) is 0 Å². The van der Waals surface area contributed by atoms with Crippen LogP contribution in [0.1, 0.15) is 6.92 Å². The van der Waals surface area contributed by atoms with Gasteiger partial charge in [0.2, 0.25) is 5.75 Å². The third-order valence-corrected chi connectivity index (χ3v) is 3.25. The van der Waals surface area contributed by atoms with E-state index in [1.807, 2.05) is 31.1 Å². The van der Waals surface area contributed by atoms with Crippen LogP contribution in [0.3, 0.4) is 0 Å². The Morgan fingerprint density at radius 2 is 1.96 bits per heavy atom. The minimum atomic E-state index is -0.915. The van der Waals surface area contributed by atoms with Crippen LogP contribution in [-0.2, 0) is 4.79 Å². The fourth-order valence-corrected chi connectivity index (χ4v) is 1.94. The van der Waals surface area contributed by atoms with Gasteiger partial charge in [-0.1, -0.05) is 0 Å². The first-order valence-electron chi connectivity index (χ1n) is 7.23. The van der Waals surface area contributed by atoms with E-state index in [1.165, 1.54) is 25.3 Å². The molecule has 0 bridgehead atoms. The van der Waals surface area contributed by atoms with Crippen molar-refractivity contribution in [2.45, 2.75) is 13.0 Å². The largest absolute Gasteiger partial charge is 0.473 e. The fraction of sp³-hybridized carbons (Fsp3) is 0.250. The molecule has 0 fully saturated rings. The van der Waals surface area contributed by atoms with Crippen LogP contribution in [0, 0.1) is 10.1 Å². The highest BCUT2D eigenvalue weighted by Gasteiger charge is 2.21. The van der Waals surface area contributed by atoms with Gasteiger partial charge in [-0.2, -0.15) is 0 Å². The Morgan fingerprint density at radius 3 is 2.54 bits per heavy atom. The predicted octanol–water partition coefficient (Wildman–Crippen LogP) is 2.46. The average Bonchev–Trinajstić information content (AvgIpc) is 2.55. The smallest absolute Gasteiger partial charge is 0.406 e. The Hall–Kier alpha value is -3.16. The highest BCUT2D eigenvalue weighted by atomic mass is 16.6. The van der Waals surface area contributed by atoms with Crippen molar-refractivity contribution in [3.8, 4) is 5.75 Å². The van der Waals surface area contributed by atoms with Gasteiger partial charge in [-0.15, -0.1) is 0 Å². The number of pyridine rings is 1. The first-order valence-corrected chi connectivity index (χ1v) is 7.23. The van der Waals surface area contributed by atoms with E-state index in [0.29, 0.717) is 5.69 Å². The number of hydrogen-bond donors (Lipinski definition) is 1. The molecule has 1 atom stereocenters. The van der Waals surface area contributed by atoms with Crippen LogP contribution in [0.5, 0.6) is 5.75 Å². The second-order valence-electron chi connectivity index (χ2n) is 5.27. The number of ether oxygens (including phenoxy) is 1. The van der Waals surface area contributed by atoms with Crippen molar-refractivity contribution in [1.82, 2.24) is 4.98 Å². The van der Waals surface area contributed by atoms with Gasteiger partial charge in [-0.25, -0.2) is 0 Å². The van der Waals surface area contributed by atoms with Crippen molar-refractivity contribution in [1.29, 1.82) is 0 Å². The molecule has 1 aromatic carbocycles. The fourth-order valence-electron chi connectivity index (χ4n) is 1.94. The Morgan fingerprint density at radius 1 is 1.29 bits per heavy atom. The zero-order chi connectivity index (χ0) is 17.7. The molecule has 0 aliphatic rings. The molecule has 0 saturated heterocycles. The van der Waals surface area contributed by atoms with Crippen LogP contribution in [0.4, 0.5) is 17.2 Å². The molecule has 0 spiro atoms. The summed E-state index contributed by atoms with van der Waals surface area (Å²) in [6.07, 6.45) is 0.378. The lowest BCUT2D eigenvalue weighted by Gasteiger charge is -2.16. The summed E-state index contributed by atoms with van der Waals surface area (Å²) in [5.41, 5.74) is 1.62. The molecule has 0 aliphatic heterocycles. The van der Waals surface area contributed by atoms with Gasteiger partial charge in [-0.3, -0.25) is 4.79 Å². The van der Waals surface area contributed by atoms with Crippen LogP contribution < -0.4 is 15.0 Å². The third-order valence-electron chi connectivity index (χ3n) is 3.25. The van der Waals surface area contributed by atoms with E-state index in [1.54, 1.807) is 12.1 Å². The Kier molecular flexibility index (Phi) is 5.31. The molecule has 1 amide bonds. The molecule has 8 nitrogen and oxygen atoms in total. The van der Waals surface area contributed by atoms with Crippen molar-refractivity contribution >= 4 is 23.1 Å². The lowest BCUT2D eigenvalue weighted by molar-refractivity contribution is -0.390. The number of benzene rings is 1. The summed E-state index contributed by atoms with van der Waals surface area (Å²) in [5.74, 6) is -0.883. The normalized spacial score (nSPS) is 11.5. The van der Waals surface area contributed by atoms with Crippen LogP contribution in [-0.4, -0.2) is 36.0 Å². The standard InChI is InChI=1S/C16H18N4O4/c1-11(24-14-5-4-10-17-15(14)20(22)23)16(21)18-12-6-8-13(9-7-12)19(2)3/h4-11H,1-3H3,(H,18,21). The number of rotatable bonds is 6. The molecule has 126 valence electrons. The van der Waals surface area contributed by atoms with Gasteiger partial charge in [0.1, 0.15) is 6.20 Å². The minimum Gasteiger partial charge on any atom is -0.473 e. The predicted molar refractivity (Wildman–Crippen MR) is 90.4 cm³/mol. The molecule has 2 aromatic rings. The van der Waals surface area contributed by atoms with Crippen molar-refractivity contribution in [3.05, 3.63) is 52.7 Å². The van der Waals surface area contributed by atoms with Crippen molar-refractivity contribution in [2.24, 2.45) is 0 Å². The van der Waals surface area contributed by atoms with E-state index in [0.717, 1.165) is 5.69 Å². The number of amides is 1. The molecule has 2 rings (SSSR count). The highest BCUT2D eigenvalue weighted by Crippen LogP contribution is 2.24. The minimum absolute atomic E-state index is 0.0481. The van der Waals surface area contributed by atoms with E-state index in [9.17, 15) is 14.9 Å². The molecule has 0 saturated carbocycles. The summed E-state index contributed by atoms with van der Waals surface area (Å²) in [5, 5.41) is 13.6. The van der Waals surface area contributed by atoms with E-state index < -0.39 is 22.8 Å². The maximum Gasteiger partial charge on any atom is 0.406 e. The van der Waals surface area contributed by atoms with E-state index in [2.05, 4.69) is 10.3 Å². The molecular formula is C16H18N4O4. The molecule has 8 heteroatoms. The second-order valence-corrected chi connectivity index (χ2v) is 5.27. The SMILES string of the molecule is CC(Oc1cccnc1[N+](=O)[O-])C(=O)Nc1ccc(N(C)C)cc1. The second kappa shape index (κ2) is 7.40. The first kappa shape index (κ1) is 17.2. The number of anilines is 2. The summed E-state index contributed by atoms with van der Waals surface area (Å²) in [7, 11) is 3.84. The monoisotopic (exact) mass is 330 g/mol. The number of carbonyl (C=O) groups is 1. The molecule has 1 unspecified atom stereocenters. The number of nitro groups is 1. The van der Waals surface area contributed by atoms with E-state index in [4.69, 9.17) is 4.74 Å². The summed E-state index contributed by atoms with van der Waals surface area (Å²) >= 11 is 0. The van der Waals surface area contributed by atoms with Crippen molar-refractivity contribution in [2.75, 3.05) is 24.3 Å². The van der Waals surface area contributed by atoms with Crippen molar-refractivity contribution in [3.63, 3.8) is 0 Å². The Bertz CT molecular complexity index is 731. The van der Waals surface area contributed by atoms with Gasteiger partial charge in [-0.05, 0) is 53.2 Å². The van der Waals surface area contributed by atoms with Crippen LogP contribution in [0.25, 0.3) is 0 Å². The summed E-state index contributed by atoms with van der Waals surface area (Å²) in [6.45, 7) is 1.51. The molecule has 1 N–H and O–H groups in total. The topological polar surface area (TPSA) is 97.6 Å². The van der Waals surface area contributed by atoms with Crippen molar-refractivity contribution < 1.29 is 14.5 Å². The van der Waals surface area contributed by atoms with Crippen LogP contribution >= 0.6 is 0 Å². The molecule has 0 aliphatic carbocycles. The quantitative estimate of drug-likeness (QED) is 0.645. The van der Waals surface area contributed by atoms with Gasteiger partial charge >= 0.3 is 5.82 Å². The number of carbonyl (C=O) groups excluding carboxylic acids is 1. The molecule has 1 heterocycles. The van der Waals surface area contributed by atoms with Crippen LogP contribution in [0.15, 0.2) is 42.6 Å². The average molecular weight is 330 g/mol. The van der Waals surface area contributed by atoms with Gasteiger partial charge in [0.15, 0.2) is 6.10 Å². The van der Waals surface area contributed by atoms with E-state index >= 15 is 0 Å². The number of nitrogens with one attached hydrogen (secondary N) is 1. The van der Waals surface area contributed by atoms with Gasteiger partial charge in [0.05, 0.1) is 0 Å². The summed E-state index contributed by atoms with van der Waals surface area (Å²) in [6, 6.07) is 10.2. The Balaban J connectivity index is 2.03. The zero-order valence-corrected chi connectivity index (χ0v) is 13.6. The highest BCUT2D eigenvalue weighted by molar-refractivity contribution is 5.94. The molecular weight excluding hydrogens is 312 g/mol. The summed E-state index contributed by atoms with van der Waals surface area (Å²) in [4.78, 5) is 28.0.